The summed E-state index contributed by atoms with van der Waals surface area (Å²) in [4.78, 5) is 4.92. The number of thiazole rings is 1. The number of rotatable bonds is 4. The summed E-state index contributed by atoms with van der Waals surface area (Å²) in [6, 6.07) is 1.97. The van der Waals surface area contributed by atoms with Crippen LogP contribution in [0, 0.1) is 17.5 Å². The number of benzene rings is 1. The van der Waals surface area contributed by atoms with E-state index in [1.54, 1.807) is 11.7 Å². The summed E-state index contributed by atoms with van der Waals surface area (Å²) in [6.07, 6.45) is 1.71. The predicted octanol–water partition coefficient (Wildman–Crippen LogP) is 2.85. The highest BCUT2D eigenvalue weighted by Crippen LogP contribution is 2.13. The summed E-state index contributed by atoms with van der Waals surface area (Å²) in [7, 11) is 0. The number of aromatic nitrogens is 1. The molecule has 0 aliphatic heterocycles. The number of halogens is 3. The van der Waals surface area contributed by atoms with Gasteiger partial charge in [-0.1, -0.05) is 0 Å². The van der Waals surface area contributed by atoms with Crippen molar-refractivity contribution < 1.29 is 13.2 Å². The zero-order valence-corrected chi connectivity index (χ0v) is 9.53. The van der Waals surface area contributed by atoms with E-state index in [1.165, 1.54) is 11.3 Å². The van der Waals surface area contributed by atoms with E-state index in [2.05, 4.69) is 10.3 Å². The molecule has 2 rings (SSSR count). The van der Waals surface area contributed by atoms with Gasteiger partial charge in [-0.25, -0.2) is 13.2 Å². The van der Waals surface area contributed by atoms with Gasteiger partial charge in [-0.3, -0.25) is 4.98 Å². The molecule has 0 aliphatic carbocycles. The van der Waals surface area contributed by atoms with Crippen LogP contribution in [0.5, 0.6) is 0 Å². The van der Waals surface area contributed by atoms with Crippen molar-refractivity contribution in [1.82, 2.24) is 10.3 Å². The molecular formula is C11H9F3N2S. The molecule has 17 heavy (non-hydrogen) atoms. The maximum absolute atomic E-state index is 12.9. The second-order valence-electron chi connectivity index (χ2n) is 3.44. The fourth-order valence-corrected chi connectivity index (χ4v) is 1.93. The largest absolute Gasteiger partial charge is 0.308 e. The minimum atomic E-state index is -1.43. The summed E-state index contributed by atoms with van der Waals surface area (Å²) < 4.78 is 38.5. The van der Waals surface area contributed by atoms with Gasteiger partial charge in [-0.15, -0.1) is 11.3 Å². The van der Waals surface area contributed by atoms with Crippen LogP contribution in [0.3, 0.4) is 0 Å². The Kier molecular flexibility index (Phi) is 3.75. The fourth-order valence-electron chi connectivity index (χ4n) is 1.37. The van der Waals surface area contributed by atoms with Crippen molar-refractivity contribution in [3.63, 3.8) is 0 Å². The number of hydrogen-bond donors (Lipinski definition) is 1. The maximum Gasteiger partial charge on any atom is 0.194 e. The zero-order chi connectivity index (χ0) is 12.3. The molecule has 2 nitrogen and oxygen atoms in total. The molecule has 90 valence electrons. The van der Waals surface area contributed by atoms with Crippen molar-refractivity contribution >= 4 is 11.3 Å². The van der Waals surface area contributed by atoms with Gasteiger partial charge in [0, 0.05) is 24.2 Å². The molecule has 1 aromatic heterocycles. The molecule has 0 atom stereocenters. The SMILES string of the molecule is Fc1cc(CNCc2cncs2)cc(F)c1F. The van der Waals surface area contributed by atoms with Gasteiger partial charge in [0.2, 0.25) is 0 Å². The lowest BCUT2D eigenvalue weighted by atomic mass is 10.2. The summed E-state index contributed by atoms with van der Waals surface area (Å²) in [5, 5.41) is 2.99. The lowest BCUT2D eigenvalue weighted by molar-refractivity contribution is 0.444. The van der Waals surface area contributed by atoms with E-state index in [1.807, 2.05) is 0 Å². The average Bonchev–Trinajstić information content (AvgIpc) is 2.79. The van der Waals surface area contributed by atoms with Gasteiger partial charge < -0.3 is 5.32 Å². The lowest BCUT2D eigenvalue weighted by Crippen LogP contribution is -2.12. The molecule has 0 saturated heterocycles. The third-order valence-electron chi connectivity index (χ3n) is 2.16. The molecule has 0 unspecified atom stereocenters. The summed E-state index contributed by atoms with van der Waals surface area (Å²) >= 11 is 1.49. The van der Waals surface area contributed by atoms with E-state index in [0.29, 0.717) is 12.1 Å². The Hall–Kier alpha value is -1.40. The number of nitrogens with one attached hydrogen (secondary N) is 1. The zero-order valence-electron chi connectivity index (χ0n) is 8.71. The second-order valence-corrected chi connectivity index (χ2v) is 4.42. The summed E-state index contributed by atoms with van der Waals surface area (Å²) in [5.74, 6) is -3.77. The van der Waals surface area contributed by atoms with Gasteiger partial charge in [0.25, 0.3) is 0 Å². The van der Waals surface area contributed by atoms with Crippen LogP contribution in [0.25, 0.3) is 0 Å². The Morgan fingerprint density at radius 1 is 1.12 bits per heavy atom. The minimum Gasteiger partial charge on any atom is -0.308 e. The minimum absolute atomic E-state index is 0.270. The molecule has 2 aromatic rings. The summed E-state index contributed by atoms with van der Waals surface area (Å²) in [6.45, 7) is 0.831. The molecule has 1 N–H and O–H groups in total. The molecule has 6 heteroatoms. The fraction of sp³-hybridized carbons (Fsp3) is 0.182. The molecule has 0 bridgehead atoms. The average molecular weight is 258 g/mol. The van der Waals surface area contributed by atoms with Crippen LogP contribution in [0.15, 0.2) is 23.8 Å². The molecule has 0 spiro atoms. The Bertz CT molecular complexity index is 476. The molecule has 0 aliphatic rings. The van der Waals surface area contributed by atoms with Gasteiger partial charge in [-0.2, -0.15) is 0 Å². The van der Waals surface area contributed by atoms with Crippen LogP contribution >= 0.6 is 11.3 Å². The van der Waals surface area contributed by atoms with Crippen molar-refractivity contribution in [2.45, 2.75) is 13.1 Å². The normalized spacial score (nSPS) is 10.8. The second kappa shape index (κ2) is 5.29. The number of nitrogens with zero attached hydrogens (tertiary/aromatic N) is 1. The smallest absolute Gasteiger partial charge is 0.194 e. The van der Waals surface area contributed by atoms with E-state index >= 15 is 0 Å². The molecule has 1 heterocycles. The molecule has 0 amide bonds. The lowest BCUT2D eigenvalue weighted by Gasteiger charge is -2.04. The van der Waals surface area contributed by atoms with Crippen LogP contribution in [0.1, 0.15) is 10.4 Å². The molecule has 0 fully saturated rings. The van der Waals surface area contributed by atoms with Crippen LogP contribution in [0.2, 0.25) is 0 Å². The first-order valence-electron chi connectivity index (χ1n) is 4.88. The van der Waals surface area contributed by atoms with E-state index in [9.17, 15) is 13.2 Å². The van der Waals surface area contributed by atoms with Crippen LogP contribution < -0.4 is 5.32 Å². The first-order chi connectivity index (χ1) is 8.16. The highest BCUT2D eigenvalue weighted by molar-refractivity contribution is 7.09. The van der Waals surface area contributed by atoms with Gasteiger partial charge in [0.05, 0.1) is 5.51 Å². The van der Waals surface area contributed by atoms with E-state index in [-0.39, 0.29) is 6.54 Å². The van der Waals surface area contributed by atoms with Crippen LogP contribution in [-0.4, -0.2) is 4.98 Å². The van der Waals surface area contributed by atoms with Crippen molar-refractivity contribution in [2.24, 2.45) is 0 Å². The topological polar surface area (TPSA) is 24.9 Å². The van der Waals surface area contributed by atoms with Crippen molar-refractivity contribution in [1.29, 1.82) is 0 Å². The first kappa shape index (κ1) is 12.1. The third-order valence-corrected chi connectivity index (χ3v) is 2.94. The van der Waals surface area contributed by atoms with Gasteiger partial charge in [-0.05, 0) is 17.7 Å². The first-order valence-corrected chi connectivity index (χ1v) is 5.76. The van der Waals surface area contributed by atoms with Gasteiger partial charge in [0.15, 0.2) is 17.5 Å². The van der Waals surface area contributed by atoms with E-state index in [4.69, 9.17) is 0 Å². The van der Waals surface area contributed by atoms with Crippen molar-refractivity contribution in [3.05, 3.63) is 51.7 Å². The van der Waals surface area contributed by atoms with Crippen molar-refractivity contribution in [3.8, 4) is 0 Å². The van der Waals surface area contributed by atoms with Crippen molar-refractivity contribution in [2.75, 3.05) is 0 Å². The number of hydrogen-bond acceptors (Lipinski definition) is 3. The molecule has 0 radical (unpaired) electrons. The van der Waals surface area contributed by atoms with Gasteiger partial charge in [0.1, 0.15) is 0 Å². The Morgan fingerprint density at radius 3 is 2.41 bits per heavy atom. The van der Waals surface area contributed by atoms with E-state index in [0.717, 1.165) is 17.0 Å². The Balaban J connectivity index is 1.95. The Labute approximate surface area is 100 Å². The predicted molar refractivity (Wildman–Crippen MR) is 59.0 cm³/mol. The standard InChI is InChI=1S/C11H9F3N2S/c12-9-1-7(2-10(13)11(9)14)3-15-4-8-5-16-6-17-8/h1-2,5-6,15H,3-4H2. The van der Waals surface area contributed by atoms with Crippen LogP contribution in [-0.2, 0) is 13.1 Å². The van der Waals surface area contributed by atoms with Crippen LogP contribution in [0.4, 0.5) is 13.2 Å². The van der Waals surface area contributed by atoms with Gasteiger partial charge >= 0.3 is 0 Å². The Morgan fingerprint density at radius 2 is 1.82 bits per heavy atom. The third kappa shape index (κ3) is 3.04. The summed E-state index contributed by atoms with van der Waals surface area (Å²) in [5.41, 5.74) is 2.07. The highest BCUT2D eigenvalue weighted by Gasteiger charge is 2.10. The van der Waals surface area contributed by atoms with E-state index < -0.39 is 17.5 Å². The quantitative estimate of drug-likeness (QED) is 0.853. The molecular weight excluding hydrogens is 249 g/mol. The monoisotopic (exact) mass is 258 g/mol. The maximum atomic E-state index is 12.9. The highest BCUT2D eigenvalue weighted by atomic mass is 32.1. The molecule has 0 saturated carbocycles. The molecule has 1 aromatic carbocycles.